The normalized spacial score (nSPS) is 14.4. The van der Waals surface area contributed by atoms with E-state index in [1.807, 2.05) is 47.0 Å². The molecular weight excluding hydrogens is 384 g/mol. The number of carbonyl (C=O) groups excluding carboxylic acids is 1. The van der Waals surface area contributed by atoms with Crippen molar-refractivity contribution in [3.8, 4) is 5.75 Å². The summed E-state index contributed by atoms with van der Waals surface area (Å²) in [5.41, 5.74) is 1.37. The first kappa shape index (κ1) is 19.7. The lowest BCUT2D eigenvalue weighted by molar-refractivity contribution is 0.101. The number of ketones is 1. The van der Waals surface area contributed by atoms with Crippen molar-refractivity contribution in [2.75, 3.05) is 12.4 Å². The SMILES string of the molecule is CC(=O)c1ccccc1OCCSc1nc2ccccc2c(=O)n1C1CCCC1. The van der Waals surface area contributed by atoms with Crippen molar-refractivity contribution in [1.82, 2.24) is 9.55 Å². The van der Waals surface area contributed by atoms with Crippen LogP contribution in [0, 0.1) is 0 Å². The van der Waals surface area contributed by atoms with Crippen molar-refractivity contribution in [3.05, 3.63) is 64.4 Å². The third-order valence-corrected chi connectivity index (χ3v) is 6.22. The average Bonchev–Trinajstić information content (AvgIpc) is 3.26. The van der Waals surface area contributed by atoms with Crippen LogP contribution in [0.2, 0.25) is 0 Å². The Hall–Kier alpha value is -2.60. The van der Waals surface area contributed by atoms with E-state index in [1.165, 1.54) is 18.7 Å². The second-order valence-corrected chi connectivity index (χ2v) is 8.34. The van der Waals surface area contributed by atoms with Gasteiger partial charge in [0, 0.05) is 11.8 Å². The molecule has 0 amide bonds. The van der Waals surface area contributed by atoms with Crippen LogP contribution in [0.25, 0.3) is 10.9 Å². The molecule has 0 atom stereocenters. The van der Waals surface area contributed by atoms with Crippen LogP contribution in [0.3, 0.4) is 0 Å². The summed E-state index contributed by atoms with van der Waals surface area (Å²) < 4.78 is 7.74. The fourth-order valence-electron chi connectivity index (χ4n) is 3.88. The van der Waals surface area contributed by atoms with E-state index in [9.17, 15) is 9.59 Å². The first-order valence-electron chi connectivity index (χ1n) is 10.0. The van der Waals surface area contributed by atoms with Gasteiger partial charge in [0.1, 0.15) is 5.75 Å². The van der Waals surface area contributed by atoms with Crippen LogP contribution in [-0.2, 0) is 0 Å². The smallest absolute Gasteiger partial charge is 0.262 e. The average molecular weight is 409 g/mol. The van der Waals surface area contributed by atoms with Gasteiger partial charge in [-0.15, -0.1) is 0 Å². The Labute approximate surface area is 174 Å². The molecule has 1 saturated carbocycles. The molecule has 1 aliphatic carbocycles. The highest BCUT2D eigenvalue weighted by atomic mass is 32.2. The van der Waals surface area contributed by atoms with E-state index in [-0.39, 0.29) is 17.4 Å². The molecule has 150 valence electrons. The Bertz CT molecular complexity index is 1090. The van der Waals surface area contributed by atoms with Gasteiger partial charge in [-0.1, -0.05) is 48.9 Å². The van der Waals surface area contributed by atoms with Crippen LogP contribution in [0.5, 0.6) is 5.75 Å². The molecule has 0 bridgehead atoms. The molecule has 0 radical (unpaired) electrons. The number of carbonyl (C=O) groups is 1. The number of rotatable bonds is 7. The molecule has 0 unspecified atom stereocenters. The number of benzene rings is 2. The van der Waals surface area contributed by atoms with Crippen LogP contribution in [0.1, 0.15) is 49.0 Å². The fraction of sp³-hybridized carbons (Fsp3) is 0.348. The van der Waals surface area contributed by atoms with Crippen molar-refractivity contribution in [2.45, 2.75) is 43.8 Å². The van der Waals surface area contributed by atoms with Gasteiger partial charge in [-0.05, 0) is 44.0 Å². The number of ether oxygens (including phenoxy) is 1. The Kier molecular flexibility index (Phi) is 6.00. The summed E-state index contributed by atoms with van der Waals surface area (Å²) in [5, 5.41) is 1.43. The zero-order valence-corrected chi connectivity index (χ0v) is 17.3. The summed E-state index contributed by atoms with van der Waals surface area (Å²) in [6.07, 6.45) is 4.35. The summed E-state index contributed by atoms with van der Waals surface area (Å²) >= 11 is 1.54. The third kappa shape index (κ3) is 4.22. The number of hydrogen-bond acceptors (Lipinski definition) is 5. The van der Waals surface area contributed by atoms with E-state index >= 15 is 0 Å². The first-order chi connectivity index (χ1) is 14.1. The quantitative estimate of drug-likeness (QED) is 0.241. The minimum absolute atomic E-state index is 0.0143. The molecule has 0 spiro atoms. The first-order valence-corrected chi connectivity index (χ1v) is 11.0. The Morgan fingerprint density at radius 3 is 2.66 bits per heavy atom. The molecule has 0 saturated heterocycles. The van der Waals surface area contributed by atoms with Crippen molar-refractivity contribution in [1.29, 1.82) is 0 Å². The van der Waals surface area contributed by atoms with Crippen LogP contribution < -0.4 is 10.3 Å². The maximum Gasteiger partial charge on any atom is 0.262 e. The molecule has 3 aromatic rings. The van der Waals surface area contributed by atoms with Gasteiger partial charge in [0.2, 0.25) is 0 Å². The molecule has 1 aromatic heterocycles. The number of hydrogen-bond donors (Lipinski definition) is 0. The van der Waals surface area contributed by atoms with E-state index in [0.717, 1.165) is 36.4 Å². The predicted octanol–water partition coefficient (Wildman–Crippen LogP) is 4.89. The van der Waals surface area contributed by atoms with Gasteiger partial charge in [0.25, 0.3) is 5.56 Å². The summed E-state index contributed by atoms with van der Waals surface area (Å²) in [4.78, 5) is 29.7. The van der Waals surface area contributed by atoms with Crippen molar-refractivity contribution >= 4 is 28.4 Å². The Morgan fingerprint density at radius 1 is 1.14 bits per heavy atom. The number of aromatic nitrogens is 2. The van der Waals surface area contributed by atoms with Gasteiger partial charge >= 0.3 is 0 Å². The molecule has 6 heteroatoms. The minimum atomic E-state index is -0.0143. The molecule has 1 heterocycles. The van der Waals surface area contributed by atoms with Crippen molar-refractivity contribution in [3.63, 3.8) is 0 Å². The van der Waals surface area contributed by atoms with Crippen LogP contribution in [0.15, 0.2) is 58.5 Å². The lowest BCUT2D eigenvalue weighted by Crippen LogP contribution is -2.26. The third-order valence-electron chi connectivity index (χ3n) is 5.30. The molecule has 0 aliphatic heterocycles. The standard InChI is InChI=1S/C23H24N2O3S/c1-16(26)18-10-5-7-13-21(18)28-14-15-29-23-24-20-12-6-4-11-19(20)22(27)25(23)17-8-2-3-9-17/h4-7,10-13,17H,2-3,8-9,14-15H2,1H3. The van der Waals surface area contributed by atoms with Gasteiger partial charge in [-0.25, -0.2) is 4.98 Å². The highest BCUT2D eigenvalue weighted by Crippen LogP contribution is 2.32. The number of thioether (sulfide) groups is 1. The van der Waals surface area contributed by atoms with Crippen molar-refractivity contribution in [2.24, 2.45) is 0 Å². The predicted molar refractivity (Wildman–Crippen MR) is 116 cm³/mol. The maximum atomic E-state index is 13.2. The van der Waals surface area contributed by atoms with Gasteiger partial charge in [0.15, 0.2) is 10.9 Å². The lowest BCUT2D eigenvalue weighted by atomic mass is 10.1. The molecule has 5 nitrogen and oxygen atoms in total. The van der Waals surface area contributed by atoms with Crippen molar-refractivity contribution < 1.29 is 9.53 Å². The Balaban J connectivity index is 1.54. The van der Waals surface area contributed by atoms with Crippen LogP contribution >= 0.6 is 11.8 Å². The molecule has 2 aromatic carbocycles. The molecule has 1 aliphatic rings. The molecular formula is C23H24N2O3S. The summed E-state index contributed by atoms with van der Waals surface area (Å²) in [7, 11) is 0. The number of Topliss-reactive ketones (excluding diaryl/α,β-unsaturated/α-hetero) is 1. The Morgan fingerprint density at radius 2 is 1.86 bits per heavy atom. The van der Waals surface area contributed by atoms with Gasteiger partial charge in [-0.3, -0.25) is 14.2 Å². The molecule has 1 fully saturated rings. The van der Waals surface area contributed by atoms with E-state index in [4.69, 9.17) is 9.72 Å². The number of para-hydroxylation sites is 2. The topological polar surface area (TPSA) is 61.2 Å². The highest BCUT2D eigenvalue weighted by molar-refractivity contribution is 7.99. The van der Waals surface area contributed by atoms with Gasteiger partial charge in [0.05, 0.1) is 23.1 Å². The van der Waals surface area contributed by atoms with E-state index in [2.05, 4.69) is 0 Å². The zero-order chi connectivity index (χ0) is 20.2. The lowest BCUT2D eigenvalue weighted by Gasteiger charge is -2.18. The second kappa shape index (κ2) is 8.82. The zero-order valence-electron chi connectivity index (χ0n) is 16.5. The fourth-order valence-corrected chi connectivity index (χ4v) is 4.76. The van der Waals surface area contributed by atoms with Crippen LogP contribution in [0.4, 0.5) is 0 Å². The molecule has 0 N–H and O–H groups in total. The monoisotopic (exact) mass is 408 g/mol. The maximum absolute atomic E-state index is 13.2. The minimum Gasteiger partial charge on any atom is -0.492 e. The number of fused-ring (bicyclic) bond motifs is 1. The summed E-state index contributed by atoms with van der Waals surface area (Å²) in [5.74, 6) is 1.23. The summed E-state index contributed by atoms with van der Waals surface area (Å²) in [6, 6.07) is 15.0. The highest BCUT2D eigenvalue weighted by Gasteiger charge is 2.23. The van der Waals surface area contributed by atoms with Gasteiger partial charge < -0.3 is 4.74 Å². The van der Waals surface area contributed by atoms with Gasteiger partial charge in [-0.2, -0.15) is 0 Å². The molecule has 4 rings (SSSR count). The summed E-state index contributed by atoms with van der Waals surface area (Å²) in [6.45, 7) is 1.97. The van der Waals surface area contributed by atoms with E-state index in [0.29, 0.717) is 29.1 Å². The van der Waals surface area contributed by atoms with E-state index < -0.39 is 0 Å². The molecule has 29 heavy (non-hydrogen) atoms. The largest absolute Gasteiger partial charge is 0.492 e. The van der Waals surface area contributed by atoms with Crippen LogP contribution in [-0.4, -0.2) is 27.7 Å². The number of nitrogens with zero attached hydrogens (tertiary/aromatic N) is 2. The van der Waals surface area contributed by atoms with E-state index in [1.54, 1.807) is 6.07 Å². The second-order valence-electron chi connectivity index (χ2n) is 7.27.